The molecule has 1 fully saturated rings. The van der Waals surface area contributed by atoms with E-state index in [1.807, 2.05) is 43.6 Å². The molecule has 54 heavy (non-hydrogen) atoms. The van der Waals surface area contributed by atoms with E-state index in [9.17, 15) is 0 Å². The maximum atomic E-state index is 6.38. The van der Waals surface area contributed by atoms with Crippen LogP contribution in [0.5, 0.6) is 0 Å². The first kappa shape index (κ1) is 39.4. The fraction of sp³-hybridized carbons (Fsp3) is 0.319. The quantitative estimate of drug-likeness (QED) is 0.118. The zero-order valence-electron chi connectivity index (χ0n) is 32.5. The molecule has 1 aliphatic carbocycles. The maximum absolute atomic E-state index is 6.38. The molecule has 8 rings (SSSR count). The van der Waals surface area contributed by atoms with E-state index >= 15 is 0 Å². The number of hydrogen-bond donors (Lipinski definition) is 0. The zero-order chi connectivity index (χ0) is 37.1. The second kappa shape index (κ2) is 17.0. The Morgan fingerprint density at radius 3 is 2.30 bits per heavy atom. The smallest absolute Gasteiger partial charge is 0.217 e. The van der Waals surface area contributed by atoms with E-state index in [2.05, 4.69) is 123 Å². The van der Waals surface area contributed by atoms with Crippen LogP contribution in [0.15, 0.2) is 102 Å². The molecule has 1 atom stereocenters. The molecular weight excluding hydrogens is 857 g/mol. The number of benzene rings is 2. The second-order valence-corrected chi connectivity index (χ2v) is 21.0. The van der Waals surface area contributed by atoms with Crippen molar-refractivity contribution in [2.45, 2.75) is 91.3 Å². The third-order valence-corrected chi connectivity index (χ3v) is 12.8. The van der Waals surface area contributed by atoms with E-state index in [0.717, 1.165) is 61.6 Å². The van der Waals surface area contributed by atoms with Gasteiger partial charge >= 0.3 is 0 Å². The van der Waals surface area contributed by atoms with Gasteiger partial charge in [0.1, 0.15) is 0 Å². The molecule has 0 N–H and O–H groups in total. The summed E-state index contributed by atoms with van der Waals surface area (Å²) >= 11 is 0. The Morgan fingerprint density at radius 2 is 1.59 bits per heavy atom. The fourth-order valence-electron chi connectivity index (χ4n) is 7.83. The van der Waals surface area contributed by atoms with Crippen LogP contribution in [0.2, 0.25) is 19.6 Å². The summed E-state index contributed by atoms with van der Waals surface area (Å²) in [4.78, 5) is 18.6. The van der Waals surface area contributed by atoms with E-state index in [1.54, 1.807) is 0 Å². The third-order valence-electron chi connectivity index (χ3n) is 10.8. The summed E-state index contributed by atoms with van der Waals surface area (Å²) in [5.74, 6) is 1.79. The Labute approximate surface area is 335 Å². The van der Waals surface area contributed by atoms with Gasteiger partial charge in [-0.2, -0.15) is 0 Å². The van der Waals surface area contributed by atoms with Crippen molar-refractivity contribution in [2.75, 3.05) is 0 Å². The van der Waals surface area contributed by atoms with Crippen molar-refractivity contribution in [2.24, 2.45) is 5.92 Å². The molecule has 7 heteroatoms. The van der Waals surface area contributed by atoms with Crippen molar-refractivity contribution < 1.29 is 24.5 Å². The summed E-state index contributed by atoms with van der Waals surface area (Å²) in [6.45, 7) is 16.0. The van der Waals surface area contributed by atoms with Crippen LogP contribution in [0.1, 0.15) is 81.5 Å². The first-order valence-electron chi connectivity index (χ1n) is 19.2. The summed E-state index contributed by atoms with van der Waals surface area (Å²) in [6, 6.07) is 30.4. The minimum absolute atomic E-state index is 0. The molecule has 5 aromatic heterocycles. The van der Waals surface area contributed by atoms with Gasteiger partial charge < -0.3 is 19.4 Å². The number of aromatic nitrogens is 4. The Bertz CT molecular complexity index is 2330. The van der Waals surface area contributed by atoms with Gasteiger partial charge in [0.15, 0.2) is 0 Å². The Hall–Kier alpha value is -4.29. The predicted octanol–water partition coefficient (Wildman–Crippen LogP) is 12.1. The Morgan fingerprint density at radius 1 is 0.833 bits per heavy atom. The molecule has 2 aromatic carbocycles. The number of aryl methyl sites for hydroxylation is 1. The summed E-state index contributed by atoms with van der Waals surface area (Å²) in [6.07, 6.45) is 15.7. The van der Waals surface area contributed by atoms with Gasteiger partial charge in [0.25, 0.3) is 0 Å². The Balaban J connectivity index is 0.000000213. The molecule has 0 spiro atoms. The van der Waals surface area contributed by atoms with Gasteiger partial charge in [-0.1, -0.05) is 119 Å². The average Bonchev–Trinajstić information content (AvgIpc) is 3.56. The molecule has 0 aliphatic heterocycles. The average molecular weight is 907 g/mol. The van der Waals surface area contributed by atoms with Gasteiger partial charge in [-0.05, 0) is 95.1 Å². The van der Waals surface area contributed by atoms with Gasteiger partial charge in [-0.25, -0.2) is 4.98 Å². The number of hydrogen-bond acceptors (Lipinski definition) is 5. The van der Waals surface area contributed by atoms with Crippen molar-refractivity contribution in [1.82, 2.24) is 19.9 Å². The summed E-state index contributed by atoms with van der Waals surface area (Å²) in [5, 5.41) is 3.41. The molecule has 279 valence electrons. The molecular formula is C47H50IrN4OSi-2. The van der Waals surface area contributed by atoms with Crippen molar-refractivity contribution >= 4 is 35.3 Å². The van der Waals surface area contributed by atoms with E-state index in [4.69, 9.17) is 14.4 Å². The molecule has 1 unspecified atom stereocenters. The van der Waals surface area contributed by atoms with Crippen molar-refractivity contribution in [3.05, 3.63) is 127 Å². The van der Waals surface area contributed by atoms with Crippen LogP contribution < -0.4 is 5.19 Å². The first-order chi connectivity index (χ1) is 25.6. The molecule has 1 saturated carbocycles. The molecule has 1 radical (unpaired) electrons. The van der Waals surface area contributed by atoms with Crippen molar-refractivity contribution in [3.63, 3.8) is 0 Å². The minimum Gasteiger partial charge on any atom is -0.486 e. The van der Waals surface area contributed by atoms with Crippen LogP contribution in [0, 0.1) is 25.1 Å². The SMILES string of the molecule is CC(C)c1cc(-c2[c-]cccc2)ncc1[Si](C)(C)C.Cc1cc(-c2ccccc2)c2c(n1)oc1c(-c3cc(C(C)C4CCCCC4)ccn3)[c-]ncc12.[Ir]. The van der Waals surface area contributed by atoms with Gasteiger partial charge in [0.05, 0.1) is 13.7 Å². The van der Waals surface area contributed by atoms with E-state index in [-0.39, 0.29) is 20.1 Å². The zero-order valence-corrected chi connectivity index (χ0v) is 35.9. The number of fused-ring (bicyclic) bond motifs is 3. The van der Waals surface area contributed by atoms with Crippen molar-refractivity contribution in [3.8, 4) is 33.6 Å². The van der Waals surface area contributed by atoms with E-state index < -0.39 is 8.07 Å². The van der Waals surface area contributed by atoms with Gasteiger partial charge in [0, 0.05) is 43.6 Å². The summed E-state index contributed by atoms with van der Waals surface area (Å²) in [5.41, 5.74) is 11.1. The van der Waals surface area contributed by atoms with Crippen LogP contribution in [0.3, 0.4) is 0 Å². The molecule has 0 saturated heterocycles. The van der Waals surface area contributed by atoms with Crippen LogP contribution >= 0.6 is 0 Å². The molecule has 0 amide bonds. The van der Waals surface area contributed by atoms with Gasteiger partial charge in [0.2, 0.25) is 5.71 Å². The van der Waals surface area contributed by atoms with Gasteiger partial charge in [-0.3, -0.25) is 0 Å². The number of nitrogens with zero attached hydrogens (tertiary/aromatic N) is 4. The monoisotopic (exact) mass is 907 g/mol. The van der Waals surface area contributed by atoms with Crippen LogP contribution in [-0.2, 0) is 20.1 Å². The summed E-state index contributed by atoms with van der Waals surface area (Å²) < 4.78 is 6.38. The van der Waals surface area contributed by atoms with Crippen LogP contribution in [0.4, 0.5) is 0 Å². The maximum Gasteiger partial charge on any atom is 0.217 e. The molecule has 7 aromatic rings. The molecule has 0 bridgehead atoms. The normalized spacial score (nSPS) is 14.1. The van der Waals surface area contributed by atoms with Crippen LogP contribution in [0.25, 0.3) is 55.7 Å². The van der Waals surface area contributed by atoms with Crippen molar-refractivity contribution in [1.29, 1.82) is 0 Å². The van der Waals surface area contributed by atoms with E-state index in [1.165, 1.54) is 48.4 Å². The minimum atomic E-state index is -1.34. The largest absolute Gasteiger partial charge is 0.486 e. The Kier molecular flexibility index (Phi) is 12.4. The third kappa shape index (κ3) is 8.49. The molecule has 5 nitrogen and oxygen atoms in total. The summed E-state index contributed by atoms with van der Waals surface area (Å²) in [7, 11) is -1.34. The predicted molar refractivity (Wildman–Crippen MR) is 222 cm³/mol. The molecule has 1 aliphatic rings. The molecule has 5 heterocycles. The first-order valence-corrected chi connectivity index (χ1v) is 22.7. The van der Waals surface area contributed by atoms with Gasteiger partial charge in [-0.15, -0.1) is 35.9 Å². The fourth-order valence-corrected chi connectivity index (χ4v) is 9.51. The van der Waals surface area contributed by atoms with Crippen LogP contribution in [-0.4, -0.2) is 28.0 Å². The second-order valence-electron chi connectivity index (χ2n) is 15.9. The standard InChI is InChI=1S/C30H28N3O.C17H22NSi.Ir/c1-19-15-24(22-11-7-4-8-12-22)28-26-18-31-17-25(29(26)34-30(28)33-19)27-16-23(13-14-32-27)20(2)21-9-5-3-6-10-21;1-13(2)15-11-16(14-9-7-6-8-10-14)18-12-17(15)19(3,4)5;/h4,7-8,11-16,18,20-21H,3,5-6,9-10H2,1-2H3;6-9,11-13H,1-5H3;/q2*-1;. The van der Waals surface area contributed by atoms with E-state index in [0.29, 0.717) is 17.5 Å². The number of rotatable bonds is 7. The number of pyridine rings is 4. The topological polar surface area (TPSA) is 64.7 Å². The number of furan rings is 1.